The van der Waals surface area contributed by atoms with Crippen LogP contribution in [-0.4, -0.2) is 12.5 Å². The molecular weight excluding hydrogens is 378 g/mol. The summed E-state index contributed by atoms with van der Waals surface area (Å²) in [6.07, 6.45) is 0.795. The van der Waals surface area contributed by atoms with Crippen LogP contribution in [-0.2, 0) is 6.42 Å². The minimum atomic E-state index is -0.183. The van der Waals surface area contributed by atoms with Gasteiger partial charge in [0.25, 0.3) is 5.91 Å². The summed E-state index contributed by atoms with van der Waals surface area (Å²) in [4.78, 5) is 12.6. The van der Waals surface area contributed by atoms with E-state index in [-0.39, 0.29) is 5.91 Å². The van der Waals surface area contributed by atoms with Gasteiger partial charge in [0.05, 0.1) is 12.2 Å². The fraction of sp³-hybridized carbons (Fsp3) is 0.0952. The summed E-state index contributed by atoms with van der Waals surface area (Å²) < 4.78 is 6.82. The number of hydrogen-bond acceptors (Lipinski definition) is 2. The number of carbonyl (C=O) groups is 1. The molecule has 3 nitrogen and oxygen atoms in total. The average Bonchev–Trinajstić information content (AvgIpc) is 2.65. The van der Waals surface area contributed by atoms with Gasteiger partial charge in [-0.15, -0.1) is 0 Å². The molecule has 25 heavy (non-hydrogen) atoms. The van der Waals surface area contributed by atoms with Gasteiger partial charge in [-0.25, -0.2) is 0 Å². The highest BCUT2D eigenvalue weighted by atomic mass is 79.9. The Bertz CT molecular complexity index is 832. The van der Waals surface area contributed by atoms with E-state index in [1.54, 1.807) is 6.07 Å². The Morgan fingerprint density at radius 3 is 2.32 bits per heavy atom. The van der Waals surface area contributed by atoms with Crippen LogP contribution < -0.4 is 10.1 Å². The zero-order chi connectivity index (χ0) is 17.5. The number of benzene rings is 3. The van der Waals surface area contributed by atoms with Crippen molar-refractivity contribution in [3.05, 3.63) is 94.5 Å². The molecule has 0 atom stereocenters. The van der Waals surface area contributed by atoms with E-state index in [9.17, 15) is 4.79 Å². The van der Waals surface area contributed by atoms with Crippen molar-refractivity contribution in [3.8, 4) is 5.75 Å². The summed E-state index contributed by atoms with van der Waals surface area (Å²) in [6.45, 7) is 0.520. The number of halogens is 1. The van der Waals surface area contributed by atoms with Gasteiger partial charge < -0.3 is 10.1 Å². The van der Waals surface area contributed by atoms with Crippen molar-refractivity contribution >= 4 is 27.5 Å². The maximum absolute atomic E-state index is 12.6. The number of rotatable bonds is 6. The van der Waals surface area contributed by atoms with Crippen LogP contribution in [0, 0.1) is 0 Å². The minimum Gasteiger partial charge on any atom is -0.492 e. The van der Waals surface area contributed by atoms with Gasteiger partial charge in [-0.05, 0) is 42.0 Å². The van der Waals surface area contributed by atoms with Crippen LogP contribution >= 0.6 is 15.9 Å². The molecule has 126 valence electrons. The second-order valence-electron chi connectivity index (χ2n) is 5.54. The predicted molar refractivity (Wildman–Crippen MR) is 104 cm³/mol. The summed E-state index contributed by atoms with van der Waals surface area (Å²) >= 11 is 3.38. The first-order valence-electron chi connectivity index (χ1n) is 8.05. The first-order chi connectivity index (χ1) is 12.2. The maximum Gasteiger partial charge on any atom is 0.259 e. The predicted octanol–water partition coefficient (Wildman–Crippen LogP) is 5.32. The monoisotopic (exact) mass is 395 g/mol. The Kier molecular flexibility index (Phi) is 5.86. The van der Waals surface area contributed by atoms with Crippen LogP contribution in [0.5, 0.6) is 5.75 Å². The molecule has 0 saturated carbocycles. The van der Waals surface area contributed by atoms with Crippen LogP contribution in [0.4, 0.5) is 5.69 Å². The Morgan fingerprint density at radius 1 is 0.880 bits per heavy atom. The number of ether oxygens (including phenoxy) is 1. The molecule has 0 aromatic heterocycles. The quantitative estimate of drug-likeness (QED) is 0.612. The highest BCUT2D eigenvalue weighted by Gasteiger charge is 2.12. The fourth-order valence-electron chi connectivity index (χ4n) is 2.44. The second kappa shape index (κ2) is 8.49. The van der Waals surface area contributed by atoms with Crippen LogP contribution in [0.25, 0.3) is 0 Å². The molecule has 0 bridgehead atoms. The highest BCUT2D eigenvalue weighted by Crippen LogP contribution is 2.21. The molecule has 0 saturated heterocycles. The number of amides is 1. The molecule has 0 aliphatic heterocycles. The Balaban J connectivity index is 1.65. The van der Waals surface area contributed by atoms with Gasteiger partial charge in [0.15, 0.2) is 0 Å². The molecule has 0 fully saturated rings. The number of nitrogens with one attached hydrogen (secondary N) is 1. The number of para-hydroxylation sites is 1. The molecular formula is C21H18BrNO2. The first-order valence-corrected chi connectivity index (χ1v) is 8.84. The zero-order valence-electron chi connectivity index (χ0n) is 13.6. The van der Waals surface area contributed by atoms with Crippen molar-refractivity contribution < 1.29 is 9.53 Å². The van der Waals surface area contributed by atoms with Gasteiger partial charge in [0, 0.05) is 16.6 Å². The second-order valence-corrected chi connectivity index (χ2v) is 6.46. The maximum atomic E-state index is 12.6. The van der Waals surface area contributed by atoms with Gasteiger partial charge in [-0.3, -0.25) is 4.79 Å². The van der Waals surface area contributed by atoms with Crippen molar-refractivity contribution in [1.29, 1.82) is 0 Å². The summed E-state index contributed by atoms with van der Waals surface area (Å²) in [7, 11) is 0. The van der Waals surface area contributed by atoms with E-state index in [1.165, 1.54) is 5.56 Å². The van der Waals surface area contributed by atoms with Gasteiger partial charge in [0.2, 0.25) is 0 Å². The normalized spacial score (nSPS) is 10.3. The lowest BCUT2D eigenvalue weighted by molar-refractivity contribution is 0.102. The number of hydrogen-bond donors (Lipinski definition) is 1. The average molecular weight is 396 g/mol. The topological polar surface area (TPSA) is 38.3 Å². The molecule has 4 heteroatoms. The van der Waals surface area contributed by atoms with E-state index in [1.807, 2.05) is 60.7 Å². The summed E-state index contributed by atoms with van der Waals surface area (Å²) in [5.74, 6) is 0.408. The Labute approximate surface area is 155 Å². The zero-order valence-corrected chi connectivity index (χ0v) is 15.2. The van der Waals surface area contributed by atoms with Crippen LogP contribution in [0.1, 0.15) is 15.9 Å². The van der Waals surface area contributed by atoms with Gasteiger partial charge in [0.1, 0.15) is 5.75 Å². The van der Waals surface area contributed by atoms with Gasteiger partial charge in [-0.2, -0.15) is 0 Å². The molecule has 0 aliphatic carbocycles. The molecule has 0 unspecified atom stereocenters. The lowest BCUT2D eigenvalue weighted by atomic mass is 10.1. The van der Waals surface area contributed by atoms with E-state index in [2.05, 4.69) is 33.4 Å². The van der Waals surface area contributed by atoms with E-state index >= 15 is 0 Å². The van der Waals surface area contributed by atoms with Gasteiger partial charge in [-0.1, -0.05) is 58.4 Å². The summed E-state index contributed by atoms with van der Waals surface area (Å²) in [5, 5.41) is 2.89. The SMILES string of the molecule is O=C(Nc1ccc(Br)cc1)c1ccccc1OCCc1ccccc1. The van der Waals surface area contributed by atoms with Crippen LogP contribution in [0.2, 0.25) is 0 Å². The van der Waals surface area contributed by atoms with Gasteiger partial charge >= 0.3 is 0 Å². The van der Waals surface area contributed by atoms with Crippen molar-refractivity contribution in [1.82, 2.24) is 0 Å². The van der Waals surface area contributed by atoms with Crippen molar-refractivity contribution in [2.45, 2.75) is 6.42 Å². The smallest absolute Gasteiger partial charge is 0.259 e. The number of carbonyl (C=O) groups excluding carboxylic acids is 1. The third kappa shape index (κ3) is 4.94. The van der Waals surface area contributed by atoms with Crippen molar-refractivity contribution in [2.24, 2.45) is 0 Å². The minimum absolute atomic E-state index is 0.183. The lowest BCUT2D eigenvalue weighted by Crippen LogP contribution is -2.14. The molecule has 3 aromatic carbocycles. The third-order valence-electron chi connectivity index (χ3n) is 3.72. The molecule has 0 radical (unpaired) electrons. The summed E-state index contributed by atoms with van der Waals surface area (Å²) in [6, 6.07) is 24.9. The Morgan fingerprint density at radius 2 is 1.56 bits per heavy atom. The molecule has 1 amide bonds. The molecule has 0 spiro atoms. The standard InChI is InChI=1S/C21H18BrNO2/c22-17-10-12-18(13-11-17)23-21(24)19-8-4-5-9-20(19)25-15-14-16-6-2-1-3-7-16/h1-13H,14-15H2,(H,23,24). The molecule has 3 aromatic rings. The first kappa shape index (κ1) is 17.2. The Hall–Kier alpha value is -2.59. The van der Waals surface area contributed by atoms with Crippen molar-refractivity contribution in [2.75, 3.05) is 11.9 Å². The van der Waals surface area contributed by atoms with Crippen LogP contribution in [0.3, 0.4) is 0 Å². The van der Waals surface area contributed by atoms with E-state index < -0.39 is 0 Å². The molecule has 1 N–H and O–H groups in total. The largest absolute Gasteiger partial charge is 0.492 e. The highest BCUT2D eigenvalue weighted by molar-refractivity contribution is 9.10. The van der Waals surface area contributed by atoms with Crippen LogP contribution in [0.15, 0.2) is 83.3 Å². The van der Waals surface area contributed by atoms with E-state index in [0.29, 0.717) is 17.9 Å². The third-order valence-corrected chi connectivity index (χ3v) is 4.25. The molecule has 3 rings (SSSR count). The summed E-state index contributed by atoms with van der Waals surface area (Å²) in [5.41, 5.74) is 2.48. The lowest BCUT2D eigenvalue weighted by Gasteiger charge is -2.12. The van der Waals surface area contributed by atoms with Crippen molar-refractivity contribution in [3.63, 3.8) is 0 Å². The number of anilines is 1. The molecule has 0 aliphatic rings. The van der Waals surface area contributed by atoms with E-state index in [0.717, 1.165) is 16.6 Å². The van der Waals surface area contributed by atoms with E-state index in [4.69, 9.17) is 4.74 Å². The fourth-order valence-corrected chi connectivity index (χ4v) is 2.70. The molecule has 0 heterocycles.